The molecule has 1 aliphatic rings. The molecular weight excluding hydrogens is 480 g/mol. The molecule has 1 amide bonds. The topological polar surface area (TPSA) is 131 Å². The molecule has 2 atom stereocenters. The summed E-state index contributed by atoms with van der Waals surface area (Å²) in [6.45, 7) is 3.90. The van der Waals surface area contributed by atoms with Crippen LogP contribution >= 0.6 is 19.4 Å². The molecule has 2 aromatic carbocycles. The Balaban J connectivity index is 2.01. The van der Waals surface area contributed by atoms with E-state index >= 15 is 0 Å². The molecule has 1 aliphatic heterocycles. The van der Waals surface area contributed by atoms with Crippen molar-refractivity contribution in [3.05, 3.63) is 63.9 Å². The largest absolute Gasteiger partial charge is 0.485 e. The van der Waals surface area contributed by atoms with Crippen LogP contribution in [0, 0.1) is 5.82 Å². The van der Waals surface area contributed by atoms with Crippen molar-refractivity contribution in [1.29, 1.82) is 0 Å². The zero-order chi connectivity index (χ0) is 24.6. The Kier molecular flexibility index (Phi) is 7.28. The van der Waals surface area contributed by atoms with Crippen molar-refractivity contribution in [3.63, 3.8) is 0 Å². The first-order valence-corrected chi connectivity index (χ1v) is 11.6. The number of fused-ring (bicyclic) bond motifs is 1. The monoisotopic (exact) mass is 501 g/mol. The number of benzene rings is 2. The van der Waals surface area contributed by atoms with Gasteiger partial charge in [-0.3, -0.25) is 14.1 Å². The van der Waals surface area contributed by atoms with Crippen LogP contribution in [-0.2, 0) is 13.8 Å². The molecule has 2 aromatic rings. The number of carbonyl (C=O) groups excluding carboxylic acids is 2. The van der Waals surface area contributed by atoms with Crippen molar-refractivity contribution >= 4 is 31.1 Å². The van der Waals surface area contributed by atoms with Crippen LogP contribution < -0.4 is 10.1 Å². The van der Waals surface area contributed by atoms with Gasteiger partial charge in [-0.05, 0) is 57.2 Å². The zero-order valence-electron chi connectivity index (χ0n) is 17.9. The Morgan fingerprint density at radius 1 is 1.21 bits per heavy atom. The van der Waals surface area contributed by atoms with Gasteiger partial charge >= 0.3 is 7.82 Å². The number of nitrogens with one attached hydrogen (secondary N) is 1. The van der Waals surface area contributed by atoms with Crippen molar-refractivity contribution in [1.82, 2.24) is 5.32 Å². The molecule has 0 saturated carbocycles. The Morgan fingerprint density at radius 3 is 2.48 bits per heavy atom. The minimum absolute atomic E-state index is 0.0696. The van der Waals surface area contributed by atoms with Crippen LogP contribution in [0.5, 0.6) is 5.75 Å². The van der Waals surface area contributed by atoms with Crippen LogP contribution in [0.3, 0.4) is 0 Å². The van der Waals surface area contributed by atoms with Gasteiger partial charge in [0.25, 0.3) is 5.91 Å². The number of amides is 1. The van der Waals surface area contributed by atoms with E-state index in [1.165, 1.54) is 19.1 Å². The first kappa shape index (κ1) is 25.3. The summed E-state index contributed by atoms with van der Waals surface area (Å²) < 4.78 is 40.6. The molecule has 33 heavy (non-hydrogen) atoms. The van der Waals surface area contributed by atoms with Crippen LogP contribution in [0.4, 0.5) is 4.39 Å². The van der Waals surface area contributed by atoms with Crippen LogP contribution in [0.1, 0.15) is 53.1 Å². The number of ether oxygens (including phenoxy) is 2. The van der Waals surface area contributed by atoms with Crippen molar-refractivity contribution in [3.8, 4) is 5.75 Å². The van der Waals surface area contributed by atoms with Crippen molar-refractivity contribution in [2.45, 2.75) is 38.5 Å². The molecule has 0 bridgehead atoms. The van der Waals surface area contributed by atoms with Gasteiger partial charge in [0.2, 0.25) is 0 Å². The molecule has 0 aromatic heterocycles. The summed E-state index contributed by atoms with van der Waals surface area (Å²) in [5.41, 5.74) is -0.266. The zero-order valence-corrected chi connectivity index (χ0v) is 19.5. The molecule has 1 heterocycles. The summed E-state index contributed by atoms with van der Waals surface area (Å²) in [6, 6.07) is 7.24. The van der Waals surface area contributed by atoms with E-state index in [2.05, 4.69) is 9.84 Å². The van der Waals surface area contributed by atoms with Gasteiger partial charge < -0.3 is 24.6 Å². The summed E-state index contributed by atoms with van der Waals surface area (Å²) in [7, 11) is -4.82. The van der Waals surface area contributed by atoms with Crippen molar-refractivity contribution in [2.24, 2.45) is 0 Å². The number of phosphoric ester groups is 1. The van der Waals surface area contributed by atoms with Crippen LogP contribution in [-0.4, -0.2) is 40.0 Å². The molecule has 0 fully saturated rings. The minimum Gasteiger partial charge on any atom is -0.485 e. The molecule has 12 heteroatoms. The lowest BCUT2D eigenvalue weighted by atomic mass is 9.85. The Hall–Kier alpha value is -2.33. The molecule has 0 aliphatic carbocycles. The van der Waals surface area contributed by atoms with E-state index in [1.807, 2.05) is 0 Å². The summed E-state index contributed by atoms with van der Waals surface area (Å²) in [4.78, 5) is 42.8. The van der Waals surface area contributed by atoms with Gasteiger partial charge in [-0.1, -0.05) is 11.6 Å². The Labute approximate surface area is 194 Å². The Bertz CT molecular complexity index is 1140. The standard InChI is InChI=1S/C21H22ClFNO8P/c1-11(25)12-5-7-17-14(8-12)18(24-20(26)13-4-6-16(23)15(22)9-13)19(21(2,3)32-17)30-10-31-33(27,28)29/h4-9,18-19H,10H2,1-3H3,(H,24,26)(H2,27,28,29)/t18-,19+/m1/s1. The van der Waals surface area contributed by atoms with Crippen molar-refractivity contribution in [2.75, 3.05) is 6.79 Å². The maximum Gasteiger partial charge on any atom is 0.471 e. The van der Waals surface area contributed by atoms with E-state index < -0.39 is 44.1 Å². The van der Waals surface area contributed by atoms with Crippen LogP contribution in [0.25, 0.3) is 0 Å². The van der Waals surface area contributed by atoms with Gasteiger partial charge in [0.1, 0.15) is 23.3 Å². The highest BCUT2D eigenvalue weighted by molar-refractivity contribution is 7.46. The first-order chi connectivity index (χ1) is 15.3. The quantitative estimate of drug-likeness (QED) is 0.297. The van der Waals surface area contributed by atoms with Gasteiger partial charge in [-0.2, -0.15) is 0 Å². The number of hydrogen-bond acceptors (Lipinski definition) is 6. The van der Waals surface area contributed by atoms with Crippen molar-refractivity contribution < 1.29 is 42.3 Å². The molecule has 0 unspecified atom stereocenters. The lowest BCUT2D eigenvalue weighted by molar-refractivity contribution is -0.141. The SMILES string of the molecule is CC(=O)c1ccc2c(c1)[C@@H](NC(=O)c1ccc(F)c(Cl)c1)[C@H](OCOP(=O)(O)O)C(C)(C)O2. The fourth-order valence-electron chi connectivity index (χ4n) is 3.49. The summed E-state index contributed by atoms with van der Waals surface area (Å²) >= 11 is 5.79. The number of rotatable bonds is 7. The van der Waals surface area contributed by atoms with Gasteiger partial charge in [0, 0.05) is 16.7 Å². The lowest BCUT2D eigenvalue weighted by Gasteiger charge is -2.44. The smallest absolute Gasteiger partial charge is 0.471 e. The second-order valence-electron chi connectivity index (χ2n) is 7.92. The van der Waals surface area contributed by atoms with E-state index in [9.17, 15) is 18.5 Å². The van der Waals surface area contributed by atoms with E-state index in [0.717, 1.165) is 12.1 Å². The first-order valence-electron chi connectivity index (χ1n) is 9.70. The van der Waals surface area contributed by atoms with Gasteiger partial charge in [0.15, 0.2) is 12.6 Å². The third kappa shape index (κ3) is 5.97. The average molecular weight is 502 g/mol. The highest BCUT2D eigenvalue weighted by Crippen LogP contribution is 2.43. The second-order valence-corrected chi connectivity index (χ2v) is 9.57. The van der Waals surface area contributed by atoms with E-state index in [1.54, 1.807) is 26.0 Å². The number of phosphoric acid groups is 1. The lowest BCUT2D eigenvalue weighted by Crippen LogP contribution is -2.55. The fourth-order valence-corrected chi connectivity index (χ4v) is 3.87. The molecule has 9 nitrogen and oxygen atoms in total. The molecule has 3 N–H and O–H groups in total. The average Bonchev–Trinajstić information content (AvgIpc) is 2.70. The molecular formula is C21H22ClFNO8P. The summed E-state index contributed by atoms with van der Waals surface area (Å²) in [5.74, 6) is -1.15. The van der Waals surface area contributed by atoms with Gasteiger partial charge in [-0.15, -0.1) is 0 Å². The van der Waals surface area contributed by atoms with E-state index in [0.29, 0.717) is 16.9 Å². The number of Topliss-reactive ketones (excluding diaryl/α,β-unsaturated/α-hetero) is 1. The van der Waals surface area contributed by atoms with Crippen LogP contribution in [0.15, 0.2) is 36.4 Å². The normalized spacial score (nSPS) is 19.4. The summed E-state index contributed by atoms with van der Waals surface area (Å²) in [6.07, 6.45) is -1.00. The molecule has 178 valence electrons. The molecule has 0 saturated heterocycles. The third-order valence-corrected chi connectivity index (χ3v) is 5.78. The predicted octanol–water partition coefficient (Wildman–Crippen LogP) is 3.78. The Morgan fingerprint density at radius 2 is 1.88 bits per heavy atom. The molecule has 0 radical (unpaired) electrons. The van der Waals surface area contributed by atoms with Gasteiger partial charge in [0.05, 0.1) is 11.1 Å². The maximum atomic E-state index is 13.5. The highest BCUT2D eigenvalue weighted by atomic mass is 35.5. The minimum atomic E-state index is -4.82. The third-order valence-electron chi connectivity index (χ3n) is 5.05. The number of hydrogen-bond donors (Lipinski definition) is 3. The van der Waals surface area contributed by atoms with Crippen LogP contribution in [0.2, 0.25) is 5.02 Å². The summed E-state index contributed by atoms with van der Waals surface area (Å²) in [5, 5.41) is 2.53. The molecule has 3 rings (SSSR count). The molecule has 0 spiro atoms. The highest BCUT2D eigenvalue weighted by Gasteiger charge is 2.46. The second kappa shape index (κ2) is 9.50. The maximum absolute atomic E-state index is 13.5. The van der Waals surface area contributed by atoms with E-state index in [-0.39, 0.29) is 16.4 Å². The number of halogens is 2. The van der Waals surface area contributed by atoms with Gasteiger partial charge in [-0.25, -0.2) is 8.96 Å². The number of carbonyl (C=O) groups is 2. The predicted molar refractivity (Wildman–Crippen MR) is 116 cm³/mol. The number of ketones is 1. The fraction of sp³-hybridized carbons (Fsp3) is 0.333. The van der Waals surface area contributed by atoms with E-state index in [4.69, 9.17) is 30.9 Å².